The van der Waals surface area contributed by atoms with Crippen molar-refractivity contribution < 1.29 is 27.4 Å². The number of sulfonamides is 1. The van der Waals surface area contributed by atoms with Crippen LogP contribution in [0.1, 0.15) is 30.0 Å². The van der Waals surface area contributed by atoms with Gasteiger partial charge in [-0.2, -0.15) is 4.31 Å². The highest BCUT2D eigenvalue weighted by atomic mass is 32.2. The monoisotopic (exact) mass is 534 g/mol. The van der Waals surface area contributed by atoms with E-state index in [-0.39, 0.29) is 18.0 Å². The zero-order chi connectivity index (χ0) is 27.1. The van der Waals surface area contributed by atoms with Gasteiger partial charge in [0.2, 0.25) is 10.0 Å². The van der Waals surface area contributed by atoms with Gasteiger partial charge >= 0.3 is 5.97 Å². The minimum Gasteiger partial charge on any atom is -0.493 e. The molecular formula is C29H30N2O6S. The molecule has 0 aliphatic carbocycles. The van der Waals surface area contributed by atoms with Crippen LogP contribution in [0, 0.1) is 6.92 Å². The summed E-state index contributed by atoms with van der Waals surface area (Å²) in [5.74, 6) is 0.456. The molecule has 8 nitrogen and oxygen atoms in total. The van der Waals surface area contributed by atoms with Gasteiger partial charge in [0, 0.05) is 12.1 Å². The molecule has 0 aromatic heterocycles. The number of hydrogen-bond acceptors (Lipinski definition) is 7. The van der Waals surface area contributed by atoms with Gasteiger partial charge in [0.05, 0.1) is 42.5 Å². The largest absolute Gasteiger partial charge is 0.493 e. The maximum absolute atomic E-state index is 14.0. The number of aryl methyl sites for hydroxylation is 1. The summed E-state index contributed by atoms with van der Waals surface area (Å²) < 4.78 is 45.7. The summed E-state index contributed by atoms with van der Waals surface area (Å²) >= 11 is 0. The smallest absolute Gasteiger partial charge is 0.325 e. The Bertz CT molecular complexity index is 1520. The summed E-state index contributed by atoms with van der Waals surface area (Å²) in [6.45, 7) is 3.85. The van der Waals surface area contributed by atoms with Crippen LogP contribution in [0.5, 0.6) is 11.5 Å². The Morgan fingerprint density at radius 1 is 1.03 bits per heavy atom. The number of nitrogens with zero attached hydrogens (tertiary/aromatic N) is 2. The van der Waals surface area contributed by atoms with E-state index in [1.807, 2.05) is 43.3 Å². The van der Waals surface area contributed by atoms with Crippen molar-refractivity contribution in [1.29, 1.82) is 0 Å². The van der Waals surface area contributed by atoms with Crippen LogP contribution in [0.25, 0.3) is 0 Å². The van der Waals surface area contributed by atoms with Crippen LogP contribution in [0.15, 0.2) is 76.6 Å². The van der Waals surface area contributed by atoms with Gasteiger partial charge in [0.25, 0.3) is 0 Å². The zero-order valence-corrected chi connectivity index (χ0v) is 22.6. The first-order valence-corrected chi connectivity index (χ1v) is 13.9. The van der Waals surface area contributed by atoms with Gasteiger partial charge in [-0.15, -0.1) is 0 Å². The van der Waals surface area contributed by atoms with Gasteiger partial charge in [-0.25, -0.2) is 8.42 Å². The fourth-order valence-electron chi connectivity index (χ4n) is 5.57. The molecule has 3 aromatic carbocycles. The molecule has 0 amide bonds. The molecule has 198 valence electrons. The molecule has 2 aliphatic rings. The van der Waals surface area contributed by atoms with Crippen molar-refractivity contribution in [3.63, 3.8) is 0 Å². The lowest BCUT2D eigenvalue weighted by Gasteiger charge is -2.35. The molecule has 0 N–H and O–H groups in total. The molecule has 0 saturated carbocycles. The molecule has 2 aliphatic heterocycles. The highest BCUT2D eigenvalue weighted by molar-refractivity contribution is 7.89. The summed E-state index contributed by atoms with van der Waals surface area (Å²) in [4.78, 5) is 18.8. The molecular weight excluding hydrogens is 504 g/mol. The van der Waals surface area contributed by atoms with E-state index in [1.54, 1.807) is 51.5 Å². The number of methoxy groups -OCH3 is 2. The van der Waals surface area contributed by atoms with Crippen LogP contribution in [0.3, 0.4) is 0 Å². The number of carbonyl (C=O) groups is 1. The Morgan fingerprint density at radius 3 is 2.42 bits per heavy atom. The third kappa shape index (κ3) is 3.97. The van der Waals surface area contributed by atoms with Gasteiger partial charge in [0.15, 0.2) is 11.5 Å². The normalized spacial score (nSPS) is 20.7. The number of benzene rings is 3. The van der Waals surface area contributed by atoms with E-state index >= 15 is 0 Å². The summed E-state index contributed by atoms with van der Waals surface area (Å²) in [6, 6.07) is 18.5. The van der Waals surface area contributed by atoms with Crippen molar-refractivity contribution in [1.82, 2.24) is 4.31 Å². The highest BCUT2D eigenvalue weighted by Gasteiger charge is 2.62. The maximum atomic E-state index is 14.0. The fraction of sp³-hybridized carbons (Fsp3) is 0.310. The summed E-state index contributed by atoms with van der Waals surface area (Å²) in [5, 5.41) is 0. The minimum atomic E-state index is -4.03. The van der Waals surface area contributed by atoms with Crippen molar-refractivity contribution in [3.8, 4) is 11.5 Å². The molecule has 2 atom stereocenters. The third-order valence-electron chi connectivity index (χ3n) is 7.32. The fourth-order valence-corrected chi connectivity index (χ4v) is 7.20. The van der Waals surface area contributed by atoms with Gasteiger partial charge < -0.3 is 14.2 Å². The van der Waals surface area contributed by atoms with Crippen LogP contribution < -0.4 is 9.47 Å². The average molecular weight is 535 g/mol. The first kappa shape index (κ1) is 25.9. The van der Waals surface area contributed by atoms with E-state index in [1.165, 1.54) is 4.31 Å². The molecule has 3 aromatic rings. The number of hydrogen-bond donors (Lipinski definition) is 0. The van der Waals surface area contributed by atoms with E-state index in [4.69, 9.17) is 19.2 Å². The van der Waals surface area contributed by atoms with Crippen LogP contribution in [-0.2, 0) is 25.0 Å². The summed E-state index contributed by atoms with van der Waals surface area (Å²) in [5.41, 5.74) is 2.68. The van der Waals surface area contributed by atoms with Crippen molar-refractivity contribution >= 4 is 27.4 Å². The standard InChI is InChI=1S/C29H30N2O6S/c1-5-37-28(32)27-29(16-17-31(27)38(33,34)21-13-10-19(2)11-14-21)22-8-6-7-9-23(22)30-26(29)20-12-15-24(35-3)25(18-20)36-4/h6-15,18,27H,5,16-17H2,1-4H3. The second kappa shape index (κ2) is 9.89. The van der Waals surface area contributed by atoms with E-state index < -0.39 is 27.4 Å². The average Bonchev–Trinajstić information content (AvgIpc) is 3.49. The molecule has 2 unspecified atom stereocenters. The second-order valence-electron chi connectivity index (χ2n) is 9.35. The highest BCUT2D eigenvalue weighted by Crippen LogP contribution is 2.53. The second-order valence-corrected chi connectivity index (χ2v) is 11.2. The molecule has 2 heterocycles. The number of fused-ring (bicyclic) bond motifs is 2. The van der Waals surface area contributed by atoms with Crippen molar-refractivity contribution in [3.05, 3.63) is 83.4 Å². The molecule has 38 heavy (non-hydrogen) atoms. The Labute approximate surface area is 222 Å². The van der Waals surface area contributed by atoms with E-state index in [2.05, 4.69) is 0 Å². The SMILES string of the molecule is CCOC(=O)C1N(S(=O)(=O)c2ccc(C)cc2)CCC12C(c1ccc(OC)c(OC)c1)=Nc1ccccc12. The Hall–Kier alpha value is -3.69. The molecule has 5 rings (SSSR count). The van der Waals surface area contributed by atoms with E-state index in [9.17, 15) is 13.2 Å². The predicted octanol–water partition coefficient (Wildman–Crippen LogP) is 4.41. The Balaban J connectivity index is 1.72. The Kier molecular flexibility index (Phi) is 6.75. The van der Waals surface area contributed by atoms with Gasteiger partial charge in [-0.1, -0.05) is 35.9 Å². The minimum absolute atomic E-state index is 0.119. The lowest BCUT2D eigenvalue weighted by atomic mass is 9.70. The molecule has 9 heteroatoms. The lowest BCUT2D eigenvalue weighted by molar-refractivity contribution is -0.147. The lowest BCUT2D eigenvalue weighted by Crippen LogP contribution is -2.53. The number of esters is 1. The van der Waals surface area contributed by atoms with Crippen molar-refractivity contribution in [2.24, 2.45) is 4.99 Å². The quantitative estimate of drug-likeness (QED) is 0.417. The molecule has 0 radical (unpaired) electrons. The number of ether oxygens (including phenoxy) is 3. The van der Waals surface area contributed by atoms with Gasteiger partial charge in [-0.05, 0) is 62.2 Å². The summed E-state index contributed by atoms with van der Waals surface area (Å²) in [7, 11) is -0.920. The first-order chi connectivity index (χ1) is 18.3. The van der Waals surface area contributed by atoms with E-state index in [0.29, 0.717) is 34.9 Å². The van der Waals surface area contributed by atoms with Crippen LogP contribution in [0.4, 0.5) is 5.69 Å². The Morgan fingerprint density at radius 2 is 1.74 bits per heavy atom. The number of carbonyl (C=O) groups excluding carboxylic acids is 1. The van der Waals surface area contributed by atoms with Gasteiger partial charge in [-0.3, -0.25) is 9.79 Å². The topological polar surface area (TPSA) is 94.5 Å². The molecule has 1 spiro atoms. The molecule has 1 saturated heterocycles. The number of para-hydroxylation sites is 1. The molecule has 0 bridgehead atoms. The van der Waals surface area contributed by atoms with Gasteiger partial charge in [0.1, 0.15) is 6.04 Å². The van der Waals surface area contributed by atoms with Crippen LogP contribution >= 0.6 is 0 Å². The maximum Gasteiger partial charge on any atom is 0.325 e. The first-order valence-electron chi connectivity index (χ1n) is 12.4. The van der Waals surface area contributed by atoms with Crippen LogP contribution in [0.2, 0.25) is 0 Å². The van der Waals surface area contributed by atoms with Crippen molar-refractivity contribution in [2.75, 3.05) is 27.4 Å². The molecule has 1 fully saturated rings. The van der Waals surface area contributed by atoms with E-state index in [0.717, 1.165) is 11.1 Å². The number of aliphatic imine (C=N–C) groups is 1. The van der Waals surface area contributed by atoms with Crippen LogP contribution in [-0.4, -0.2) is 57.8 Å². The number of rotatable bonds is 7. The third-order valence-corrected chi connectivity index (χ3v) is 9.19. The zero-order valence-electron chi connectivity index (χ0n) is 21.8. The van der Waals surface area contributed by atoms with Crippen molar-refractivity contribution in [2.45, 2.75) is 36.6 Å². The summed E-state index contributed by atoms with van der Waals surface area (Å²) in [6.07, 6.45) is 0.353. The predicted molar refractivity (Wildman–Crippen MR) is 144 cm³/mol.